The third kappa shape index (κ3) is 4.88. The van der Waals surface area contributed by atoms with Crippen molar-refractivity contribution in [1.82, 2.24) is 4.90 Å². The molecule has 3 rings (SSSR count). The summed E-state index contributed by atoms with van der Waals surface area (Å²) in [5.74, 6) is 1.53. The monoisotopic (exact) mass is 350 g/mol. The molecule has 0 aromatic heterocycles. The Morgan fingerprint density at radius 2 is 1.69 bits per heavy atom. The Labute approximate surface area is 155 Å². The minimum atomic E-state index is -0.0615. The van der Waals surface area contributed by atoms with E-state index in [0.717, 1.165) is 30.0 Å². The Morgan fingerprint density at radius 3 is 2.35 bits per heavy atom. The molecule has 136 valence electrons. The zero-order valence-corrected chi connectivity index (χ0v) is 15.1. The van der Waals surface area contributed by atoms with Crippen LogP contribution in [0.15, 0.2) is 67.3 Å². The number of carbonyl (C=O) groups excluding carboxylic acids is 1. The van der Waals surface area contributed by atoms with E-state index in [1.54, 1.807) is 6.08 Å². The molecule has 0 saturated heterocycles. The summed E-state index contributed by atoms with van der Waals surface area (Å²) in [7, 11) is 0. The maximum absolute atomic E-state index is 12.7. The van der Waals surface area contributed by atoms with E-state index in [-0.39, 0.29) is 6.03 Å². The molecular formula is C22H26N2O2. The number of hydrogen-bond acceptors (Lipinski definition) is 2. The summed E-state index contributed by atoms with van der Waals surface area (Å²) in [5, 5.41) is 3.00. The fraction of sp³-hybridized carbons (Fsp3) is 0.318. The molecule has 1 fully saturated rings. The zero-order chi connectivity index (χ0) is 18.2. The van der Waals surface area contributed by atoms with Gasteiger partial charge in [-0.15, -0.1) is 6.58 Å². The Kier molecular flexibility index (Phi) is 6.31. The molecule has 2 amide bonds. The molecule has 0 aliphatic heterocycles. The predicted octanol–water partition coefficient (Wildman–Crippen LogP) is 5.83. The normalized spacial score (nSPS) is 14.5. The number of hydrogen-bond donors (Lipinski definition) is 1. The summed E-state index contributed by atoms with van der Waals surface area (Å²) in [6.45, 7) is 4.37. The van der Waals surface area contributed by atoms with Gasteiger partial charge in [-0.25, -0.2) is 4.79 Å². The number of urea groups is 1. The van der Waals surface area contributed by atoms with E-state index in [9.17, 15) is 4.79 Å². The van der Waals surface area contributed by atoms with Crippen LogP contribution in [0.4, 0.5) is 10.5 Å². The molecule has 4 nitrogen and oxygen atoms in total. The van der Waals surface area contributed by atoms with Gasteiger partial charge in [0.05, 0.1) is 0 Å². The van der Waals surface area contributed by atoms with Crippen LogP contribution in [0, 0.1) is 0 Å². The first-order valence-electron chi connectivity index (χ1n) is 9.28. The van der Waals surface area contributed by atoms with Gasteiger partial charge in [-0.3, -0.25) is 0 Å². The first kappa shape index (κ1) is 18.1. The van der Waals surface area contributed by atoms with Crippen molar-refractivity contribution in [2.24, 2.45) is 0 Å². The molecule has 1 saturated carbocycles. The van der Waals surface area contributed by atoms with Crippen LogP contribution in [-0.4, -0.2) is 23.5 Å². The molecule has 1 aliphatic carbocycles. The van der Waals surface area contributed by atoms with E-state index in [2.05, 4.69) is 11.9 Å². The van der Waals surface area contributed by atoms with Crippen molar-refractivity contribution in [2.75, 3.05) is 11.9 Å². The number of benzene rings is 2. The number of anilines is 1. The summed E-state index contributed by atoms with van der Waals surface area (Å²) in [6, 6.07) is 17.3. The lowest BCUT2D eigenvalue weighted by molar-refractivity contribution is 0.176. The second-order valence-electron chi connectivity index (χ2n) is 6.60. The predicted molar refractivity (Wildman–Crippen MR) is 106 cm³/mol. The molecule has 1 aliphatic rings. The maximum Gasteiger partial charge on any atom is 0.322 e. The average molecular weight is 350 g/mol. The zero-order valence-electron chi connectivity index (χ0n) is 15.1. The fourth-order valence-corrected chi connectivity index (χ4v) is 3.36. The maximum atomic E-state index is 12.7. The molecule has 0 atom stereocenters. The summed E-state index contributed by atoms with van der Waals surface area (Å²) >= 11 is 0. The lowest BCUT2D eigenvalue weighted by atomic mass is 9.94. The number of rotatable bonds is 6. The highest BCUT2D eigenvalue weighted by Gasteiger charge is 2.24. The van der Waals surface area contributed by atoms with Gasteiger partial charge in [0.2, 0.25) is 0 Å². The van der Waals surface area contributed by atoms with E-state index in [1.165, 1.54) is 19.3 Å². The summed E-state index contributed by atoms with van der Waals surface area (Å²) in [5.41, 5.74) is 0.764. The smallest absolute Gasteiger partial charge is 0.322 e. The van der Waals surface area contributed by atoms with E-state index in [4.69, 9.17) is 4.74 Å². The van der Waals surface area contributed by atoms with Gasteiger partial charge in [0.25, 0.3) is 0 Å². The Balaban J connectivity index is 1.61. The third-order valence-corrected chi connectivity index (χ3v) is 4.69. The molecule has 0 bridgehead atoms. The lowest BCUT2D eigenvalue weighted by Crippen LogP contribution is -2.43. The summed E-state index contributed by atoms with van der Waals surface area (Å²) in [4.78, 5) is 14.6. The van der Waals surface area contributed by atoms with Gasteiger partial charge in [0.15, 0.2) is 0 Å². The van der Waals surface area contributed by atoms with Crippen molar-refractivity contribution in [3.63, 3.8) is 0 Å². The van der Waals surface area contributed by atoms with Crippen molar-refractivity contribution in [2.45, 2.75) is 38.1 Å². The van der Waals surface area contributed by atoms with Crippen LogP contribution in [-0.2, 0) is 0 Å². The minimum absolute atomic E-state index is 0.0615. The number of ether oxygens (including phenoxy) is 1. The number of nitrogens with one attached hydrogen (secondary N) is 1. The van der Waals surface area contributed by atoms with Gasteiger partial charge in [-0.1, -0.05) is 43.5 Å². The second kappa shape index (κ2) is 9.09. The van der Waals surface area contributed by atoms with Crippen molar-refractivity contribution < 1.29 is 9.53 Å². The summed E-state index contributed by atoms with van der Waals surface area (Å²) < 4.78 is 5.78. The van der Waals surface area contributed by atoms with E-state index in [0.29, 0.717) is 12.6 Å². The quantitative estimate of drug-likeness (QED) is 0.666. The molecular weight excluding hydrogens is 324 g/mol. The van der Waals surface area contributed by atoms with Gasteiger partial charge >= 0.3 is 6.03 Å². The van der Waals surface area contributed by atoms with Crippen LogP contribution in [0.25, 0.3) is 0 Å². The Morgan fingerprint density at radius 1 is 1.04 bits per heavy atom. The molecule has 2 aromatic carbocycles. The number of nitrogens with zero attached hydrogens (tertiary/aromatic N) is 1. The minimum Gasteiger partial charge on any atom is -0.457 e. The first-order valence-corrected chi connectivity index (χ1v) is 9.28. The third-order valence-electron chi connectivity index (χ3n) is 4.69. The second-order valence-corrected chi connectivity index (χ2v) is 6.60. The Bertz CT molecular complexity index is 707. The molecule has 2 aromatic rings. The van der Waals surface area contributed by atoms with Crippen LogP contribution in [0.3, 0.4) is 0 Å². The molecule has 0 spiro atoms. The van der Waals surface area contributed by atoms with Gasteiger partial charge in [-0.05, 0) is 49.2 Å². The van der Waals surface area contributed by atoms with E-state index in [1.807, 2.05) is 59.5 Å². The molecule has 26 heavy (non-hydrogen) atoms. The topological polar surface area (TPSA) is 41.6 Å². The van der Waals surface area contributed by atoms with Crippen molar-refractivity contribution >= 4 is 11.7 Å². The van der Waals surface area contributed by atoms with Gasteiger partial charge < -0.3 is 15.0 Å². The van der Waals surface area contributed by atoms with Crippen molar-refractivity contribution in [3.8, 4) is 11.5 Å². The number of amides is 2. The number of carbonyl (C=O) groups is 1. The average Bonchev–Trinajstić information content (AvgIpc) is 2.69. The molecule has 0 radical (unpaired) electrons. The highest BCUT2D eigenvalue weighted by atomic mass is 16.5. The van der Waals surface area contributed by atoms with E-state index < -0.39 is 0 Å². The van der Waals surface area contributed by atoms with Crippen LogP contribution in [0.5, 0.6) is 11.5 Å². The molecule has 1 N–H and O–H groups in total. The lowest BCUT2D eigenvalue weighted by Gasteiger charge is -2.33. The first-order chi connectivity index (χ1) is 12.8. The van der Waals surface area contributed by atoms with Crippen molar-refractivity contribution in [1.29, 1.82) is 0 Å². The van der Waals surface area contributed by atoms with Gasteiger partial charge in [0, 0.05) is 18.3 Å². The Hall–Kier alpha value is -2.75. The standard InChI is InChI=1S/C22H26N2O2/c1-2-17-24(19-9-5-3-6-10-19)22(25)23-18-13-15-21(16-14-18)26-20-11-7-4-8-12-20/h2,4,7-8,11-16,19H,1,3,5-6,9-10,17H2,(H,23,25). The highest BCUT2D eigenvalue weighted by molar-refractivity contribution is 5.89. The van der Waals surface area contributed by atoms with Crippen LogP contribution < -0.4 is 10.1 Å². The molecule has 0 unspecified atom stereocenters. The number of para-hydroxylation sites is 1. The highest BCUT2D eigenvalue weighted by Crippen LogP contribution is 2.25. The van der Waals surface area contributed by atoms with Crippen LogP contribution >= 0.6 is 0 Å². The van der Waals surface area contributed by atoms with Crippen LogP contribution in [0.2, 0.25) is 0 Å². The molecule has 4 heteroatoms. The van der Waals surface area contributed by atoms with Crippen molar-refractivity contribution in [3.05, 3.63) is 67.3 Å². The van der Waals surface area contributed by atoms with Crippen LogP contribution in [0.1, 0.15) is 32.1 Å². The van der Waals surface area contributed by atoms with Gasteiger partial charge in [0.1, 0.15) is 11.5 Å². The SMILES string of the molecule is C=CCN(C(=O)Nc1ccc(Oc2ccccc2)cc1)C1CCCCC1. The fourth-order valence-electron chi connectivity index (χ4n) is 3.36. The largest absolute Gasteiger partial charge is 0.457 e. The van der Waals surface area contributed by atoms with Gasteiger partial charge in [-0.2, -0.15) is 0 Å². The summed E-state index contributed by atoms with van der Waals surface area (Å²) in [6.07, 6.45) is 7.60. The van der Waals surface area contributed by atoms with E-state index >= 15 is 0 Å². The molecule has 0 heterocycles.